The number of nitrogens with one attached hydrogen (secondary N) is 1. The van der Waals surface area contributed by atoms with Gasteiger partial charge in [-0.3, -0.25) is 4.79 Å². The van der Waals surface area contributed by atoms with E-state index in [0.29, 0.717) is 12.1 Å². The Kier molecular flexibility index (Phi) is 5.10. The number of hydrogen-bond acceptors (Lipinski definition) is 2. The molecule has 3 nitrogen and oxygen atoms in total. The second-order valence-corrected chi connectivity index (χ2v) is 6.36. The lowest BCUT2D eigenvalue weighted by molar-refractivity contribution is 0.0679. The molecular formula is C15H20BrClN2O. The smallest absolute Gasteiger partial charge is 0.254 e. The van der Waals surface area contributed by atoms with E-state index in [1.54, 1.807) is 0 Å². The van der Waals surface area contributed by atoms with Crippen LogP contribution in [0.4, 0.5) is 0 Å². The van der Waals surface area contributed by atoms with E-state index in [9.17, 15) is 4.79 Å². The first kappa shape index (κ1) is 15.8. The van der Waals surface area contributed by atoms with Gasteiger partial charge in [0.25, 0.3) is 5.91 Å². The van der Waals surface area contributed by atoms with Crippen LogP contribution >= 0.6 is 28.3 Å². The number of fused-ring (bicyclic) bond motifs is 2. The quantitative estimate of drug-likeness (QED) is 0.835. The molecule has 1 aromatic rings. The highest BCUT2D eigenvalue weighted by molar-refractivity contribution is 9.10. The maximum atomic E-state index is 12.9. The summed E-state index contributed by atoms with van der Waals surface area (Å²) in [6, 6.07) is 6.68. The molecule has 1 N–H and O–H groups in total. The summed E-state index contributed by atoms with van der Waals surface area (Å²) >= 11 is 3.52. The summed E-state index contributed by atoms with van der Waals surface area (Å²) in [6.45, 7) is 3.98. The van der Waals surface area contributed by atoms with Crippen LogP contribution in [0, 0.1) is 6.92 Å². The van der Waals surface area contributed by atoms with Crippen molar-refractivity contribution in [3.05, 3.63) is 33.8 Å². The Morgan fingerprint density at radius 3 is 2.85 bits per heavy atom. The minimum absolute atomic E-state index is 0. The van der Waals surface area contributed by atoms with Crippen LogP contribution in [0.5, 0.6) is 0 Å². The predicted molar refractivity (Wildman–Crippen MR) is 86.6 cm³/mol. The molecule has 3 rings (SSSR count). The Morgan fingerprint density at radius 2 is 2.05 bits per heavy atom. The van der Waals surface area contributed by atoms with Crippen molar-refractivity contribution in [1.29, 1.82) is 0 Å². The Balaban J connectivity index is 0.00000147. The standard InChI is InChI=1S/C15H19BrN2O.ClH/c1-10-13(3-2-4-14(10)16)15(19)18-11-5-6-12(18)9-17-8-7-11;/h2-4,11-12,17H,5-9H2,1H3;1H. The summed E-state index contributed by atoms with van der Waals surface area (Å²) in [5, 5.41) is 3.44. The molecule has 2 aliphatic rings. The minimum atomic E-state index is 0. The first-order valence-corrected chi connectivity index (χ1v) is 7.76. The molecule has 2 heterocycles. The molecule has 0 radical (unpaired) electrons. The van der Waals surface area contributed by atoms with Crippen molar-refractivity contribution >= 4 is 34.2 Å². The number of rotatable bonds is 1. The Labute approximate surface area is 134 Å². The van der Waals surface area contributed by atoms with Crippen molar-refractivity contribution in [2.75, 3.05) is 13.1 Å². The largest absolute Gasteiger partial charge is 0.331 e. The van der Waals surface area contributed by atoms with Crippen molar-refractivity contribution < 1.29 is 4.79 Å². The zero-order valence-corrected chi connectivity index (χ0v) is 14.0. The highest BCUT2D eigenvalue weighted by Gasteiger charge is 2.38. The number of halogens is 2. The third-order valence-electron chi connectivity index (χ3n) is 4.39. The monoisotopic (exact) mass is 358 g/mol. The van der Waals surface area contributed by atoms with Gasteiger partial charge in [0.2, 0.25) is 0 Å². The summed E-state index contributed by atoms with van der Waals surface area (Å²) in [4.78, 5) is 15.0. The van der Waals surface area contributed by atoms with E-state index in [1.807, 2.05) is 25.1 Å². The number of nitrogens with zero attached hydrogens (tertiary/aromatic N) is 1. The van der Waals surface area contributed by atoms with Crippen molar-refractivity contribution in [2.45, 2.75) is 38.3 Å². The van der Waals surface area contributed by atoms with Gasteiger partial charge in [-0.05, 0) is 50.4 Å². The van der Waals surface area contributed by atoms with Gasteiger partial charge in [-0.1, -0.05) is 22.0 Å². The van der Waals surface area contributed by atoms with Gasteiger partial charge in [-0.25, -0.2) is 0 Å². The molecule has 110 valence electrons. The molecule has 2 fully saturated rings. The molecule has 0 aliphatic carbocycles. The SMILES string of the molecule is Cc1c(Br)cccc1C(=O)N1C2CCNCC1CC2.Cl. The van der Waals surface area contributed by atoms with E-state index in [-0.39, 0.29) is 18.3 Å². The van der Waals surface area contributed by atoms with E-state index >= 15 is 0 Å². The van der Waals surface area contributed by atoms with Crippen molar-refractivity contribution in [3.8, 4) is 0 Å². The summed E-state index contributed by atoms with van der Waals surface area (Å²) in [5.74, 6) is 0.204. The molecular weight excluding hydrogens is 340 g/mol. The molecule has 0 saturated carbocycles. The van der Waals surface area contributed by atoms with E-state index in [2.05, 4.69) is 26.1 Å². The number of amides is 1. The van der Waals surface area contributed by atoms with Gasteiger partial charge in [0, 0.05) is 28.7 Å². The molecule has 0 aromatic heterocycles. The van der Waals surface area contributed by atoms with Gasteiger partial charge in [-0.2, -0.15) is 0 Å². The fraction of sp³-hybridized carbons (Fsp3) is 0.533. The minimum Gasteiger partial charge on any atom is -0.331 e. The molecule has 1 aromatic carbocycles. The van der Waals surface area contributed by atoms with E-state index in [0.717, 1.165) is 48.0 Å². The molecule has 2 unspecified atom stereocenters. The fourth-order valence-electron chi connectivity index (χ4n) is 3.29. The topological polar surface area (TPSA) is 32.3 Å². The first-order valence-electron chi connectivity index (χ1n) is 6.97. The van der Waals surface area contributed by atoms with Crippen LogP contribution in [-0.4, -0.2) is 36.0 Å². The number of carbonyl (C=O) groups excluding carboxylic acids is 1. The van der Waals surface area contributed by atoms with Crippen LogP contribution < -0.4 is 5.32 Å². The summed E-state index contributed by atoms with van der Waals surface area (Å²) in [6.07, 6.45) is 3.37. The molecule has 0 spiro atoms. The first-order chi connectivity index (χ1) is 9.18. The van der Waals surface area contributed by atoms with Gasteiger partial charge in [0.1, 0.15) is 0 Å². The van der Waals surface area contributed by atoms with Crippen LogP contribution in [0.1, 0.15) is 35.2 Å². The summed E-state index contributed by atoms with van der Waals surface area (Å²) in [5.41, 5.74) is 1.89. The normalized spacial score (nSPS) is 25.0. The fourth-order valence-corrected chi connectivity index (χ4v) is 3.66. The Morgan fingerprint density at radius 1 is 1.30 bits per heavy atom. The molecule has 2 aliphatic heterocycles. The van der Waals surface area contributed by atoms with Gasteiger partial charge in [-0.15, -0.1) is 12.4 Å². The molecule has 5 heteroatoms. The molecule has 20 heavy (non-hydrogen) atoms. The zero-order chi connectivity index (χ0) is 13.4. The average Bonchev–Trinajstić information content (AvgIpc) is 2.65. The van der Waals surface area contributed by atoms with E-state index < -0.39 is 0 Å². The van der Waals surface area contributed by atoms with Crippen LogP contribution in [0.25, 0.3) is 0 Å². The van der Waals surface area contributed by atoms with E-state index in [4.69, 9.17) is 0 Å². The van der Waals surface area contributed by atoms with Crippen molar-refractivity contribution in [3.63, 3.8) is 0 Å². The molecule has 2 saturated heterocycles. The zero-order valence-electron chi connectivity index (χ0n) is 11.6. The lowest BCUT2D eigenvalue weighted by atomic mass is 10.1. The van der Waals surface area contributed by atoms with Crippen LogP contribution in [-0.2, 0) is 0 Å². The third kappa shape index (κ3) is 2.74. The molecule has 2 bridgehead atoms. The molecule has 1 amide bonds. The summed E-state index contributed by atoms with van der Waals surface area (Å²) in [7, 11) is 0. The lowest BCUT2D eigenvalue weighted by Gasteiger charge is -2.28. The van der Waals surface area contributed by atoms with Crippen LogP contribution in [0.3, 0.4) is 0 Å². The highest BCUT2D eigenvalue weighted by atomic mass is 79.9. The predicted octanol–water partition coefficient (Wildman–Crippen LogP) is 3.15. The lowest BCUT2D eigenvalue weighted by Crippen LogP contribution is -2.42. The maximum absolute atomic E-state index is 12.9. The van der Waals surface area contributed by atoms with E-state index in [1.165, 1.54) is 0 Å². The molecule has 2 atom stereocenters. The Hall–Kier alpha value is -0.580. The summed E-state index contributed by atoms with van der Waals surface area (Å²) < 4.78 is 1.01. The number of carbonyl (C=O) groups is 1. The highest BCUT2D eigenvalue weighted by Crippen LogP contribution is 2.31. The van der Waals surface area contributed by atoms with Crippen LogP contribution in [0.2, 0.25) is 0 Å². The average molecular weight is 360 g/mol. The van der Waals surface area contributed by atoms with Gasteiger partial charge < -0.3 is 10.2 Å². The third-order valence-corrected chi connectivity index (χ3v) is 5.25. The van der Waals surface area contributed by atoms with Gasteiger partial charge in [0.05, 0.1) is 0 Å². The van der Waals surface area contributed by atoms with Crippen LogP contribution in [0.15, 0.2) is 22.7 Å². The Bertz CT molecular complexity index is 495. The van der Waals surface area contributed by atoms with Crippen molar-refractivity contribution in [2.24, 2.45) is 0 Å². The second-order valence-electron chi connectivity index (χ2n) is 5.50. The maximum Gasteiger partial charge on any atom is 0.254 e. The van der Waals surface area contributed by atoms with Gasteiger partial charge in [0.15, 0.2) is 0 Å². The van der Waals surface area contributed by atoms with Crippen molar-refractivity contribution in [1.82, 2.24) is 10.2 Å². The second kappa shape index (κ2) is 6.46. The van der Waals surface area contributed by atoms with Gasteiger partial charge >= 0.3 is 0 Å². The number of hydrogen-bond donors (Lipinski definition) is 1. The number of benzene rings is 1.